The van der Waals surface area contributed by atoms with Crippen molar-refractivity contribution in [3.63, 3.8) is 0 Å². The molecule has 5 heteroatoms. The van der Waals surface area contributed by atoms with Crippen LogP contribution in [-0.2, 0) is 4.79 Å². The van der Waals surface area contributed by atoms with Crippen molar-refractivity contribution in [1.82, 2.24) is 5.32 Å². The Hall–Kier alpha value is 0.625. The van der Waals surface area contributed by atoms with Crippen LogP contribution in [0.1, 0.15) is 15.7 Å². The fourth-order valence-corrected chi connectivity index (χ4v) is 0.416. The van der Waals surface area contributed by atoms with Gasteiger partial charge in [-0.3, -0.25) is 4.79 Å². The van der Waals surface area contributed by atoms with Crippen LogP contribution in [0, 0.1) is 0 Å². The first kappa shape index (κ1) is 16.9. The van der Waals surface area contributed by atoms with E-state index in [9.17, 15) is 4.79 Å². The zero-order chi connectivity index (χ0) is 6.41. The third-order valence-corrected chi connectivity index (χ3v) is 0.817. The molecule has 10 heavy (non-hydrogen) atoms. The van der Waals surface area contributed by atoms with Crippen molar-refractivity contribution in [3.05, 3.63) is 0 Å². The van der Waals surface area contributed by atoms with Gasteiger partial charge in [0.2, 0.25) is 0 Å². The molecule has 0 heterocycles. The predicted molar refractivity (Wildman–Crippen MR) is 33.0 cm³/mol. The van der Waals surface area contributed by atoms with Crippen molar-refractivity contribution < 1.29 is 50.5 Å². The summed E-state index contributed by atoms with van der Waals surface area (Å²) in [5.41, 5.74) is 0. The maximum absolute atomic E-state index is 9.85. The van der Waals surface area contributed by atoms with Gasteiger partial charge >= 0.3 is 43.7 Å². The molecule has 0 aliphatic heterocycles. The van der Waals surface area contributed by atoms with Gasteiger partial charge in [0.25, 0.3) is 0 Å². The molecule has 0 unspecified atom stereocenters. The van der Waals surface area contributed by atoms with Gasteiger partial charge in [-0.05, 0) is 20.0 Å². The Morgan fingerprint density at radius 2 is 2.10 bits per heavy atom. The van der Waals surface area contributed by atoms with Crippen molar-refractivity contribution in [1.29, 1.82) is 0 Å². The second kappa shape index (κ2) is 12.3. The van der Waals surface area contributed by atoms with Gasteiger partial charge in [-0.1, -0.05) is 0 Å². The Balaban J connectivity index is -0.0000000408. The zero-order valence-electron chi connectivity index (χ0n) is 8.98. The number of carbonyl (C=O) groups is 1. The molecule has 0 spiro atoms. The standard InChI is InChI=1S/C5H11NO2.2Li.2H/c1-6-4-2-3-5(7)8;;;;/h6H,2-4H2,1H3,(H,7,8);;;;/q;2*+1;2*-1. The maximum Gasteiger partial charge on any atom is 1.00 e. The van der Waals surface area contributed by atoms with Crippen LogP contribution in [0.2, 0.25) is 0 Å². The summed E-state index contributed by atoms with van der Waals surface area (Å²) in [6.45, 7) is 0.784. The summed E-state index contributed by atoms with van der Waals surface area (Å²) in [5.74, 6) is -0.722. The third kappa shape index (κ3) is 15.8. The summed E-state index contributed by atoms with van der Waals surface area (Å²) in [7, 11) is 1.81. The van der Waals surface area contributed by atoms with Crippen LogP contribution in [0.3, 0.4) is 0 Å². The summed E-state index contributed by atoms with van der Waals surface area (Å²) in [6, 6.07) is 0. The smallest absolute Gasteiger partial charge is 1.00 e. The van der Waals surface area contributed by atoms with Gasteiger partial charge in [0.05, 0.1) is 0 Å². The molecule has 0 bridgehead atoms. The largest absolute Gasteiger partial charge is 1.00 e. The maximum atomic E-state index is 9.85. The van der Waals surface area contributed by atoms with E-state index < -0.39 is 5.97 Å². The summed E-state index contributed by atoms with van der Waals surface area (Å²) in [5, 5.41) is 11.0. The molecule has 0 fully saturated rings. The second-order valence-corrected chi connectivity index (χ2v) is 1.60. The molecule has 0 aliphatic carbocycles. The fourth-order valence-electron chi connectivity index (χ4n) is 0.416. The van der Waals surface area contributed by atoms with E-state index in [0.29, 0.717) is 6.42 Å². The van der Waals surface area contributed by atoms with E-state index in [1.54, 1.807) is 0 Å². The van der Waals surface area contributed by atoms with E-state index in [4.69, 9.17) is 5.11 Å². The van der Waals surface area contributed by atoms with Crippen molar-refractivity contribution in [2.75, 3.05) is 13.6 Å². The van der Waals surface area contributed by atoms with Gasteiger partial charge in [-0.15, -0.1) is 0 Å². The van der Waals surface area contributed by atoms with Gasteiger partial charge in [0.15, 0.2) is 0 Å². The monoisotopic (exact) mass is 133 g/mol. The Morgan fingerprint density at radius 1 is 1.60 bits per heavy atom. The van der Waals surface area contributed by atoms with Gasteiger partial charge < -0.3 is 13.3 Å². The first-order valence-electron chi connectivity index (χ1n) is 2.63. The Morgan fingerprint density at radius 3 is 2.40 bits per heavy atom. The number of carboxylic acids is 1. The quantitative estimate of drug-likeness (QED) is 0.297. The van der Waals surface area contributed by atoms with Crippen LogP contribution in [0.4, 0.5) is 0 Å². The van der Waals surface area contributed by atoms with Crippen LogP contribution < -0.4 is 43.0 Å². The van der Waals surface area contributed by atoms with Gasteiger partial charge in [0, 0.05) is 6.42 Å². The summed E-state index contributed by atoms with van der Waals surface area (Å²) in [4.78, 5) is 9.85. The van der Waals surface area contributed by atoms with Crippen LogP contribution in [-0.4, -0.2) is 24.7 Å². The Labute approximate surface area is 88.3 Å². The first-order valence-corrected chi connectivity index (χ1v) is 2.63. The Kier molecular flexibility index (Phi) is 20.8. The first-order chi connectivity index (χ1) is 3.77. The molecule has 0 saturated heterocycles. The minimum Gasteiger partial charge on any atom is -1.00 e. The molecule has 0 aromatic heterocycles. The number of aliphatic carboxylic acids is 1. The van der Waals surface area contributed by atoms with Gasteiger partial charge in [-0.2, -0.15) is 0 Å². The number of hydrogen-bond acceptors (Lipinski definition) is 2. The molecule has 2 N–H and O–H groups in total. The van der Waals surface area contributed by atoms with E-state index in [0.717, 1.165) is 6.54 Å². The van der Waals surface area contributed by atoms with E-state index >= 15 is 0 Å². The molecule has 52 valence electrons. The minimum atomic E-state index is -0.722. The second-order valence-electron chi connectivity index (χ2n) is 1.60. The molecule has 0 aliphatic rings. The van der Waals surface area contributed by atoms with Crippen LogP contribution >= 0.6 is 0 Å². The topological polar surface area (TPSA) is 49.3 Å². The van der Waals surface area contributed by atoms with Crippen LogP contribution in [0.25, 0.3) is 0 Å². The molecule has 0 rings (SSSR count). The molecule has 3 nitrogen and oxygen atoms in total. The summed E-state index contributed by atoms with van der Waals surface area (Å²) in [6.07, 6.45) is 0.979. The minimum absolute atomic E-state index is 0. The molecule has 0 saturated carbocycles. The Bertz CT molecular complexity index is 87.8. The average molecular weight is 133 g/mol. The van der Waals surface area contributed by atoms with Crippen molar-refractivity contribution in [2.45, 2.75) is 12.8 Å². The van der Waals surface area contributed by atoms with Crippen LogP contribution in [0.5, 0.6) is 0 Å². The molecule has 0 aromatic carbocycles. The molecule has 0 amide bonds. The normalized spacial score (nSPS) is 7.30. The molecule has 0 aromatic rings. The third-order valence-electron chi connectivity index (χ3n) is 0.817. The van der Waals surface area contributed by atoms with Gasteiger partial charge in [-0.25, -0.2) is 0 Å². The molecule has 0 atom stereocenters. The van der Waals surface area contributed by atoms with E-state index in [1.807, 2.05) is 7.05 Å². The predicted octanol–water partition coefficient (Wildman–Crippen LogP) is -5.70. The van der Waals surface area contributed by atoms with Crippen molar-refractivity contribution >= 4 is 5.97 Å². The fraction of sp³-hybridized carbons (Fsp3) is 0.800. The number of hydrogen-bond donors (Lipinski definition) is 2. The van der Waals surface area contributed by atoms with E-state index in [2.05, 4.69) is 5.32 Å². The average Bonchev–Trinajstić information content (AvgIpc) is 1.66. The van der Waals surface area contributed by atoms with E-state index in [-0.39, 0.29) is 47.0 Å². The molecular weight excluding hydrogens is 120 g/mol. The molecule has 0 radical (unpaired) electrons. The van der Waals surface area contributed by atoms with Crippen LogP contribution in [0.15, 0.2) is 0 Å². The van der Waals surface area contributed by atoms with E-state index in [1.165, 1.54) is 0 Å². The number of rotatable bonds is 4. The van der Waals surface area contributed by atoms with Crippen molar-refractivity contribution in [3.8, 4) is 0 Å². The number of nitrogens with one attached hydrogen (secondary N) is 1. The summed E-state index contributed by atoms with van der Waals surface area (Å²) < 4.78 is 0. The SMILES string of the molecule is CNCCCC(=O)O.[H-].[H-].[Li+].[Li+]. The molecular formula is C5H13Li2NO2. The van der Waals surface area contributed by atoms with Crippen molar-refractivity contribution in [2.24, 2.45) is 0 Å². The number of carboxylic acid groups (broad SMARTS) is 1. The van der Waals surface area contributed by atoms with Gasteiger partial charge in [0.1, 0.15) is 0 Å². The summed E-state index contributed by atoms with van der Waals surface area (Å²) >= 11 is 0. The zero-order valence-corrected chi connectivity index (χ0v) is 6.98.